The standard InChI is InChI=1S/C25H27N5O/c1-15-3-8-20-21(13-15)30-24(27)23-22(20)18(9-11-28-23)6-4-17-5-7-19(14-16(17)2)25(31)29-12-10-26/h3,5,7-9,11,13-14H,4,6,10,12,26H2,1-2H3,(H2,27,30)(H,29,31). The minimum atomic E-state index is -0.0926. The summed E-state index contributed by atoms with van der Waals surface area (Å²) >= 11 is 0. The van der Waals surface area contributed by atoms with Crippen molar-refractivity contribution >= 4 is 33.5 Å². The van der Waals surface area contributed by atoms with Crippen LogP contribution in [0.15, 0.2) is 48.7 Å². The van der Waals surface area contributed by atoms with E-state index in [1.165, 1.54) is 11.1 Å². The molecule has 0 aliphatic rings. The Morgan fingerprint density at radius 1 is 1.03 bits per heavy atom. The van der Waals surface area contributed by atoms with Gasteiger partial charge in [0.2, 0.25) is 0 Å². The number of carbonyl (C=O) groups excluding carboxylic acids is 1. The lowest BCUT2D eigenvalue weighted by molar-refractivity contribution is 0.0954. The zero-order chi connectivity index (χ0) is 22.0. The van der Waals surface area contributed by atoms with E-state index in [9.17, 15) is 4.79 Å². The number of nitrogen functional groups attached to an aromatic ring is 1. The Balaban J connectivity index is 1.65. The molecule has 0 saturated heterocycles. The first-order valence-corrected chi connectivity index (χ1v) is 10.5. The highest BCUT2D eigenvalue weighted by atomic mass is 16.1. The lowest BCUT2D eigenvalue weighted by atomic mass is 9.95. The van der Waals surface area contributed by atoms with Crippen LogP contribution in [0.3, 0.4) is 0 Å². The number of benzene rings is 2. The second kappa shape index (κ2) is 8.70. The van der Waals surface area contributed by atoms with Crippen LogP contribution in [0.2, 0.25) is 0 Å². The van der Waals surface area contributed by atoms with Crippen molar-refractivity contribution in [3.8, 4) is 0 Å². The van der Waals surface area contributed by atoms with Gasteiger partial charge in [0, 0.05) is 35.6 Å². The van der Waals surface area contributed by atoms with Gasteiger partial charge in [0.15, 0.2) is 5.82 Å². The number of pyridine rings is 2. The molecule has 5 N–H and O–H groups in total. The van der Waals surface area contributed by atoms with E-state index >= 15 is 0 Å². The molecule has 158 valence electrons. The monoisotopic (exact) mass is 413 g/mol. The van der Waals surface area contributed by atoms with Crippen molar-refractivity contribution in [2.75, 3.05) is 18.8 Å². The molecule has 4 aromatic rings. The summed E-state index contributed by atoms with van der Waals surface area (Å²) in [6, 6.07) is 14.2. The molecular weight excluding hydrogens is 386 g/mol. The average molecular weight is 414 g/mol. The van der Waals surface area contributed by atoms with E-state index in [0.717, 1.165) is 45.8 Å². The van der Waals surface area contributed by atoms with Crippen LogP contribution < -0.4 is 16.8 Å². The molecule has 0 bridgehead atoms. The molecule has 6 heteroatoms. The zero-order valence-corrected chi connectivity index (χ0v) is 17.9. The van der Waals surface area contributed by atoms with Crippen molar-refractivity contribution in [2.45, 2.75) is 26.7 Å². The maximum absolute atomic E-state index is 12.2. The number of anilines is 1. The summed E-state index contributed by atoms with van der Waals surface area (Å²) in [6.07, 6.45) is 3.49. The molecule has 1 amide bonds. The van der Waals surface area contributed by atoms with Crippen molar-refractivity contribution < 1.29 is 4.79 Å². The van der Waals surface area contributed by atoms with Crippen LogP contribution in [0.25, 0.3) is 21.8 Å². The normalized spacial score (nSPS) is 11.2. The first-order chi connectivity index (χ1) is 15.0. The molecule has 31 heavy (non-hydrogen) atoms. The van der Waals surface area contributed by atoms with Gasteiger partial charge in [0.1, 0.15) is 5.52 Å². The number of aryl methyl sites for hydroxylation is 4. The number of nitrogens with zero attached hydrogens (tertiary/aromatic N) is 2. The fourth-order valence-corrected chi connectivity index (χ4v) is 4.01. The van der Waals surface area contributed by atoms with Gasteiger partial charge in [-0.3, -0.25) is 9.78 Å². The van der Waals surface area contributed by atoms with E-state index < -0.39 is 0 Å². The number of carbonyl (C=O) groups is 1. The van der Waals surface area contributed by atoms with Crippen molar-refractivity contribution in [3.63, 3.8) is 0 Å². The fraction of sp³-hybridized carbons (Fsp3) is 0.240. The Morgan fingerprint density at radius 3 is 2.61 bits per heavy atom. The van der Waals surface area contributed by atoms with Gasteiger partial charge in [-0.1, -0.05) is 18.2 Å². The van der Waals surface area contributed by atoms with Crippen LogP contribution in [0.5, 0.6) is 0 Å². The predicted molar refractivity (Wildman–Crippen MR) is 126 cm³/mol. The fourth-order valence-electron chi connectivity index (χ4n) is 4.01. The summed E-state index contributed by atoms with van der Waals surface area (Å²) in [5.41, 5.74) is 18.6. The van der Waals surface area contributed by atoms with Crippen LogP contribution in [0.4, 0.5) is 5.82 Å². The summed E-state index contributed by atoms with van der Waals surface area (Å²) in [6.45, 7) is 4.99. The van der Waals surface area contributed by atoms with Crippen LogP contribution >= 0.6 is 0 Å². The predicted octanol–water partition coefficient (Wildman–Crippen LogP) is 3.46. The third-order valence-corrected chi connectivity index (χ3v) is 5.64. The van der Waals surface area contributed by atoms with Crippen LogP contribution in [0.1, 0.15) is 32.6 Å². The molecule has 6 nitrogen and oxygen atoms in total. The Kier molecular flexibility index (Phi) is 5.82. The molecule has 0 aliphatic heterocycles. The molecule has 0 atom stereocenters. The van der Waals surface area contributed by atoms with E-state index in [1.54, 1.807) is 6.20 Å². The van der Waals surface area contributed by atoms with Gasteiger partial charge in [-0.2, -0.15) is 0 Å². The second-order valence-corrected chi connectivity index (χ2v) is 7.90. The van der Waals surface area contributed by atoms with Crippen molar-refractivity contribution in [1.82, 2.24) is 15.3 Å². The number of hydrogen-bond acceptors (Lipinski definition) is 5. The molecule has 4 rings (SSSR count). The molecule has 2 aromatic carbocycles. The highest BCUT2D eigenvalue weighted by molar-refractivity contribution is 6.09. The molecule has 0 fully saturated rings. The van der Waals surface area contributed by atoms with Crippen LogP contribution in [0, 0.1) is 13.8 Å². The van der Waals surface area contributed by atoms with Crippen LogP contribution in [-0.2, 0) is 12.8 Å². The van der Waals surface area contributed by atoms with Gasteiger partial charge < -0.3 is 16.8 Å². The Hall–Kier alpha value is -3.51. The van der Waals surface area contributed by atoms with Crippen LogP contribution in [-0.4, -0.2) is 29.0 Å². The Bertz CT molecular complexity index is 1280. The zero-order valence-electron chi connectivity index (χ0n) is 17.9. The number of nitrogens with two attached hydrogens (primary N) is 2. The van der Waals surface area contributed by atoms with Gasteiger partial charge in [0.25, 0.3) is 5.91 Å². The average Bonchev–Trinajstić information content (AvgIpc) is 2.76. The topological polar surface area (TPSA) is 107 Å². The third kappa shape index (κ3) is 4.20. The summed E-state index contributed by atoms with van der Waals surface area (Å²) in [5, 5.41) is 4.95. The minimum Gasteiger partial charge on any atom is -0.382 e. The van der Waals surface area contributed by atoms with E-state index in [-0.39, 0.29) is 5.91 Å². The number of aromatic nitrogens is 2. The van der Waals surface area contributed by atoms with Gasteiger partial charge in [-0.25, -0.2) is 4.98 Å². The van der Waals surface area contributed by atoms with Gasteiger partial charge >= 0.3 is 0 Å². The summed E-state index contributed by atoms with van der Waals surface area (Å²) < 4.78 is 0. The lowest BCUT2D eigenvalue weighted by Crippen LogP contribution is -2.29. The number of rotatable bonds is 6. The van der Waals surface area contributed by atoms with Crippen molar-refractivity contribution in [1.29, 1.82) is 0 Å². The third-order valence-electron chi connectivity index (χ3n) is 5.64. The van der Waals surface area contributed by atoms with Crippen molar-refractivity contribution in [2.24, 2.45) is 5.73 Å². The Morgan fingerprint density at radius 2 is 1.84 bits per heavy atom. The van der Waals surface area contributed by atoms with Crippen molar-refractivity contribution in [3.05, 3.63) is 76.5 Å². The molecule has 0 aliphatic carbocycles. The number of nitrogens with one attached hydrogen (secondary N) is 1. The first-order valence-electron chi connectivity index (χ1n) is 10.5. The second-order valence-electron chi connectivity index (χ2n) is 7.90. The highest BCUT2D eigenvalue weighted by Crippen LogP contribution is 2.30. The minimum absolute atomic E-state index is 0.0926. The first kappa shape index (κ1) is 20.8. The van der Waals surface area contributed by atoms with E-state index in [4.69, 9.17) is 11.5 Å². The largest absolute Gasteiger partial charge is 0.382 e. The lowest BCUT2D eigenvalue weighted by Gasteiger charge is -2.13. The molecule has 2 heterocycles. The van der Waals surface area contributed by atoms with E-state index in [1.807, 2.05) is 32.0 Å². The molecule has 2 aromatic heterocycles. The maximum atomic E-state index is 12.2. The quantitative estimate of drug-likeness (QED) is 0.420. The summed E-state index contributed by atoms with van der Waals surface area (Å²) in [4.78, 5) is 21.2. The molecule has 0 unspecified atom stereocenters. The summed E-state index contributed by atoms with van der Waals surface area (Å²) in [5.74, 6) is 0.365. The highest BCUT2D eigenvalue weighted by Gasteiger charge is 2.13. The molecule has 0 saturated carbocycles. The maximum Gasteiger partial charge on any atom is 0.251 e. The van der Waals surface area contributed by atoms with Gasteiger partial charge in [0.05, 0.1) is 5.52 Å². The molecule has 0 spiro atoms. The number of amides is 1. The number of hydrogen-bond donors (Lipinski definition) is 3. The van der Waals surface area contributed by atoms with Gasteiger partial charge in [-0.15, -0.1) is 0 Å². The number of fused-ring (bicyclic) bond motifs is 3. The smallest absolute Gasteiger partial charge is 0.251 e. The van der Waals surface area contributed by atoms with E-state index in [0.29, 0.717) is 24.5 Å². The SMILES string of the molecule is Cc1ccc2c(c1)nc(N)c1nccc(CCc3ccc(C(=O)NCCN)cc3C)c12. The molecule has 0 radical (unpaired) electrons. The summed E-state index contributed by atoms with van der Waals surface area (Å²) in [7, 11) is 0. The van der Waals surface area contributed by atoms with Gasteiger partial charge in [-0.05, 0) is 73.2 Å². The van der Waals surface area contributed by atoms with E-state index in [2.05, 4.69) is 39.6 Å². The Labute approximate surface area is 181 Å². The molecular formula is C25H27N5O.